The monoisotopic (exact) mass is 572 g/mol. The zero-order valence-electron chi connectivity index (χ0n) is 22.3. The van der Waals surface area contributed by atoms with Crippen LogP contribution in [0.2, 0.25) is 0 Å². The zero-order chi connectivity index (χ0) is 28.9. The number of para-hydroxylation sites is 1. The van der Waals surface area contributed by atoms with Crippen molar-refractivity contribution in [3.05, 3.63) is 101 Å². The van der Waals surface area contributed by atoms with Gasteiger partial charge in [0, 0.05) is 18.0 Å². The molecule has 4 aromatic heterocycles. The van der Waals surface area contributed by atoms with E-state index < -0.39 is 21.9 Å². The molecule has 0 aliphatic carbocycles. The number of hydrogen-bond donors (Lipinski definition) is 3. The molecule has 3 N–H and O–H groups in total. The first kappa shape index (κ1) is 26.2. The van der Waals surface area contributed by atoms with Gasteiger partial charge in [-0.1, -0.05) is 18.2 Å². The van der Waals surface area contributed by atoms with E-state index >= 15 is 0 Å². The first-order chi connectivity index (χ1) is 19.6. The van der Waals surface area contributed by atoms with Crippen LogP contribution in [-0.2, 0) is 10.0 Å². The molecular formula is C28H25FN8O3S. The molecule has 6 rings (SSSR count). The Morgan fingerprint density at radius 3 is 2.61 bits per heavy atom. The van der Waals surface area contributed by atoms with Crippen LogP contribution >= 0.6 is 0 Å². The Hall–Kier alpha value is -5.04. The normalized spacial score (nSPS) is 12.6. The Kier molecular flexibility index (Phi) is 6.30. The largest absolute Gasteiger partial charge is 0.360 e. The molecule has 0 spiro atoms. The van der Waals surface area contributed by atoms with Gasteiger partial charge in [0.1, 0.15) is 29.1 Å². The summed E-state index contributed by atoms with van der Waals surface area (Å²) in [7, 11) is -3.62. The molecule has 1 atom stereocenters. The van der Waals surface area contributed by atoms with Crippen molar-refractivity contribution in [2.75, 3.05) is 16.3 Å². The third kappa shape index (κ3) is 4.91. The molecule has 2 aromatic carbocycles. The van der Waals surface area contributed by atoms with Crippen LogP contribution in [0.15, 0.2) is 78.1 Å². The number of anilines is 2. The number of halogens is 1. The Bertz CT molecular complexity index is 2100. The van der Waals surface area contributed by atoms with Crippen molar-refractivity contribution >= 4 is 38.1 Å². The fourth-order valence-electron chi connectivity index (χ4n) is 4.93. The van der Waals surface area contributed by atoms with Gasteiger partial charge in [0.15, 0.2) is 5.82 Å². The van der Waals surface area contributed by atoms with Gasteiger partial charge in [-0.2, -0.15) is 5.10 Å². The third-order valence-electron chi connectivity index (χ3n) is 6.65. The van der Waals surface area contributed by atoms with Crippen LogP contribution in [0.5, 0.6) is 0 Å². The molecule has 0 saturated carbocycles. The highest BCUT2D eigenvalue weighted by atomic mass is 32.2. The summed E-state index contributed by atoms with van der Waals surface area (Å²) < 4.78 is 43.6. The molecule has 0 saturated heterocycles. The molecule has 0 fully saturated rings. The lowest BCUT2D eigenvalue weighted by Gasteiger charge is -2.20. The molecule has 0 radical (unpaired) electrons. The summed E-state index contributed by atoms with van der Waals surface area (Å²) in [6, 6.07) is 14.5. The van der Waals surface area contributed by atoms with E-state index in [4.69, 9.17) is 5.10 Å². The summed E-state index contributed by atoms with van der Waals surface area (Å²) in [6.45, 7) is 3.73. The predicted octanol–water partition coefficient (Wildman–Crippen LogP) is 4.42. The van der Waals surface area contributed by atoms with Gasteiger partial charge >= 0.3 is 0 Å². The van der Waals surface area contributed by atoms with Crippen LogP contribution in [0.25, 0.3) is 33.4 Å². The van der Waals surface area contributed by atoms with E-state index in [2.05, 4.69) is 25.0 Å². The Morgan fingerprint density at radius 2 is 1.85 bits per heavy atom. The van der Waals surface area contributed by atoms with Crippen LogP contribution in [0, 0.1) is 12.7 Å². The predicted molar refractivity (Wildman–Crippen MR) is 155 cm³/mol. The third-order valence-corrected chi connectivity index (χ3v) is 7.26. The summed E-state index contributed by atoms with van der Waals surface area (Å²) in [5.74, 6) is 0.242. The number of fused-ring (bicyclic) bond motifs is 2. The van der Waals surface area contributed by atoms with E-state index in [-0.39, 0.29) is 11.2 Å². The molecule has 0 amide bonds. The average molecular weight is 573 g/mol. The summed E-state index contributed by atoms with van der Waals surface area (Å²) in [5, 5.41) is 8.71. The summed E-state index contributed by atoms with van der Waals surface area (Å²) in [6.07, 6.45) is 5.78. The van der Waals surface area contributed by atoms with Crippen LogP contribution in [0.1, 0.15) is 24.4 Å². The molecule has 4 heterocycles. The van der Waals surface area contributed by atoms with E-state index in [9.17, 15) is 17.6 Å². The van der Waals surface area contributed by atoms with Gasteiger partial charge in [0.25, 0.3) is 5.56 Å². The van der Waals surface area contributed by atoms with Gasteiger partial charge in [-0.3, -0.25) is 14.1 Å². The number of nitrogens with one attached hydrogen (secondary N) is 3. The molecule has 11 nitrogen and oxygen atoms in total. The second kappa shape index (κ2) is 9.86. The summed E-state index contributed by atoms with van der Waals surface area (Å²) >= 11 is 0. The van der Waals surface area contributed by atoms with Gasteiger partial charge in [-0.05, 0) is 61.4 Å². The molecule has 0 aliphatic rings. The number of aryl methyl sites for hydroxylation is 1. The molecule has 0 bridgehead atoms. The minimum Gasteiger partial charge on any atom is -0.360 e. The van der Waals surface area contributed by atoms with Gasteiger partial charge in [-0.15, -0.1) is 0 Å². The lowest BCUT2D eigenvalue weighted by atomic mass is 10.0. The average Bonchev–Trinajstić information content (AvgIpc) is 3.52. The molecule has 208 valence electrons. The molecule has 41 heavy (non-hydrogen) atoms. The Balaban J connectivity index is 1.47. The number of sulfonamides is 1. The van der Waals surface area contributed by atoms with Crippen molar-refractivity contribution in [1.82, 2.24) is 29.1 Å². The smallest absolute Gasteiger partial charge is 0.282 e. The van der Waals surface area contributed by atoms with Crippen LogP contribution < -0.4 is 15.6 Å². The number of aromatic amines is 1. The lowest BCUT2D eigenvalue weighted by Crippen LogP contribution is -2.29. The number of rotatable bonds is 7. The molecule has 0 aliphatic heterocycles. The van der Waals surface area contributed by atoms with E-state index in [1.807, 2.05) is 50.2 Å². The molecule has 6 aromatic rings. The van der Waals surface area contributed by atoms with Crippen molar-refractivity contribution < 1.29 is 12.8 Å². The first-order valence-electron chi connectivity index (χ1n) is 12.6. The van der Waals surface area contributed by atoms with E-state index in [1.165, 1.54) is 18.5 Å². The van der Waals surface area contributed by atoms with E-state index in [1.54, 1.807) is 21.5 Å². The molecule has 1 unspecified atom stereocenters. The number of benzene rings is 2. The van der Waals surface area contributed by atoms with Crippen molar-refractivity contribution in [3.8, 4) is 16.8 Å². The zero-order valence-corrected chi connectivity index (χ0v) is 23.1. The second-order valence-electron chi connectivity index (χ2n) is 9.74. The van der Waals surface area contributed by atoms with Crippen molar-refractivity contribution in [3.63, 3.8) is 0 Å². The van der Waals surface area contributed by atoms with Crippen molar-refractivity contribution in [1.29, 1.82) is 0 Å². The first-order valence-corrected chi connectivity index (χ1v) is 14.5. The van der Waals surface area contributed by atoms with Crippen molar-refractivity contribution in [2.24, 2.45) is 0 Å². The number of nitrogens with zero attached hydrogens (tertiary/aromatic N) is 5. The minimum absolute atomic E-state index is 0.0861. The molecule has 13 heteroatoms. The standard InChI is InChI=1S/C28H25FN8O3S/c1-16-9-10-36-24(16)28(38)37(21-7-5-4-6-8-21)27(34-36)17(2)33-26-23-22(14-30-25(23)31-15-32-26)18-11-19(29)13-20(12-18)35-41(3,39)40/h4-15,17,35H,1-3H3,(H2,30,31,32,33). The van der Waals surface area contributed by atoms with E-state index in [0.717, 1.165) is 17.9 Å². The fraction of sp³-hybridized carbons (Fsp3) is 0.143. The second-order valence-corrected chi connectivity index (χ2v) is 11.5. The highest BCUT2D eigenvalue weighted by Gasteiger charge is 2.22. The Morgan fingerprint density at radius 1 is 1.07 bits per heavy atom. The quantitative estimate of drug-likeness (QED) is 0.257. The summed E-state index contributed by atoms with van der Waals surface area (Å²) in [4.78, 5) is 25.6. The fourth-order valence-corrected chi connectivity index (χ4v) is 5.47. The summed E-state index contributed by atoms with van der Waals surface area (Å²) in [5.41, 5.74) is 3.28. The maximum atomic E-state index is 14.6. The van der Waals surface area contributed by atoms with Crippen LogP contribution in [0.3, 0.4) is 0 Å². The highest BCUT2D eigenvalue weighted by molar-refractivity contribution is 7.92. The maximum Gasteiger partial charge on any atom is 0.282 e. The van der Waals surface area contributed by atoms with Gasteiger partial charge in [0.05, 0.1) is 29.1 Å². The van der Waals surface area contributed by atoms with Gasteiger partial charge in [0.2, 0.25) is 10.0 Å². The van der Waals surface area contributed by atoms with Gasteiger partial charge < -0.3 is 10.3 Å². The van der Waals surface area contributed by atoms with Crippen molar-refractivity contribution in [2.45, 2.75) is 19.9 Å². The minimum atomic E-state index is -3.62. The van der Waals surface area contributed by atoms with Crippen LogP contribution in [0.4, 0.5) is 15.9 Å². The van der Waals surface area contributed by atoms with E-state index in [0.29, 0.717) is 45.0 Å². The lowest BCUT2D eigenvalue weighted by molar-refractivity contribution is 0.606. The number of aromatic nitrogens is 6. The highest BCUT2D eigenvalue weighted by Crippen LogP contribution is 2.35. The Labute approximate surface area is 233 Å². The maximum absolute atomic E-state index is 14.6. The van der Waals surface area contributed by atoms with Gasteiger partial charge in [-0.25, -0.2) is 27.3 Å². The number of H-pyrrole nitrogens is 1. The molecular weight excluding hydrogens is 547 g/mol. The topological polar surface area (TPSA) is 139 Å². The van der Waals surface area contributed by atoms with Crippen LogP contribution in [-0.4, -0.2) is 43.8 Å². The SMILES string of the molecule is Cc1ccn2nc(C(C)Nc3ncnc4[nH]cc(-c5cc(F)cc(NS(C)(=O)=O)c5)c34)n(-c3ccccc3)c(=O)c12. The number of hydrogen-bond acceptors (Lipinski definition) is 7.